The third-order valence-corrected chi connectivity index (χ3v) is 3.82. The molecule has 0 aliphatic heterocycles. The standard InChI is InChI=1S/C16H20BrFN2/c1-5-6-19-16-12-7-11(17)8-13(18)15(12)20-10(4)14(16)9(2)3/h7-9H,5-6H2,1-4H3,(H,19,20). The molecule has 0 bridgehead atoms. The minimum Gasteiger partial charge on any atom is -0.384 e. The Labute approximate surface area is 127 Å². The molecule has 2 rings (SSSR count). The summed E-state index contributed by atoms with van der Waals surface area (Å²) in [5, 5.41) is 4.30. The number of anilines is 1. The van der Waals surface area contributed by atoms with E-state index >= 15 is 0 Å². The zero-order valence-electron chi connectivity index (χ0n) is 12.3. The Morgan fingerprint density at radius 3 is 2.65 bits per heavy atom. The van der Waals surface area contributed by atoms with Gasteiger partial charge in [-0.15, -0.1) is 0 Å². The summed E-state index contributed by atoms with van der Waals surface area (Å²) in [6, 6.07) is 3.40. The van der Waals surface area contributed by atoms with Crippen molar-refractivity contribution in [3.05, 3.63) is 33.7 Å². The van der Waals surface area contributed by atoms with Crippen molar-refractivity contribution in [1.29, 1.82) is 0 Å². The van der Waals surface area contributed by atoms with E-state index in [4.69, 9.17) is 0 Å². The molecule has 0 aliphatic carbocycles. The molecule has 0 spiro atoms. The Kier molecular flexibility index (Phi) is 4.63. The lowest BCUT2D eigenvalue weighted by atomic mass is 9.96. The zero-order valence-corrected chi connectivity index (χ0v) is 13.9. The van der Waals surface area contributed by atoms with Gasteiger partial charge in [0.1, 0.15) is 5.52 Å². The van der Waals surface area contributed by atoms with Gasteiger partial charge in [-0.3, -0.25) is 0 Å². The number of fused-ring (bicyclic) bond motifs is 1. The summed E-state index contributed by atoms with van der Waals surface area (Å²) >= 11 is 3.37. The van der Waals surface area contributed by atoms with Gasteiger partial charge in [-0.2, -0.15) is 0 Å². The van der Waals surface area contributed by atoms with Gasteiger partial charge >= 0.3 is 0 Å². The summed E-state index contributed by atoms with van der Waals surface area (Å²) in [7, 11) is 0. The second-order valence-electron chi connectivity index (χ2n) is 5.35. The van der Waals surface area contributed by atoms with Crippen LogP contribution in [0.15, 0.2) is 16.6 Å². The van der Waals surface area contributed by atoms with Crippen molar-refractivity contribution in [2.45, 2.75) is 40.0 Å². The number of hydrogen-bond acceptors (Lipinski definition) is 2. The van der Waals surface area contributed by atoms with Crippen molar-refractivity contribution in [3.63, 3.8) is 0 Å². The molecule has 0 saturated carbocycles. The predicted octanol–water partition coefficient (Wildman–Crippen LogP) is 5.39. The normalized spacial score (nSPS) is 11.3. The van der Waals surface area contributed by atoms with E-state index in [1.54, 1.807) is 0 Å². The number of benzene rings is 1. The maximum atomic E-state index is 14.1. The van der Waals surface area contributed by atoms with Gasteiger partial charge in [0, 0.05) is 27.8 Å². The van der Waals surface area contributed by atoms with E-state index in [-0.39, 0.29) is 5.82 Å². The number of hydrogen-bond donors (Lipinski definition) is 1. The monoisotopic (exact) mass is 338 g/mol. The Bertz CT molecular complexity index is 638. The van der Waals surface area contributed by atoms with Gasteiger partial charge in [0.2, 0.25) is 0 Å². The topological polar surface area (TPSA) is 24.9 Å². The quantitative estimate of drug-likeness (QED) is 0.808. The third kappa shape index (κ3) is 2.80. The van der Waals surface area contributed by atoms with Gasteiger partial charge in [-0.1, -0.05) is 36.7 Å². The molecule has 2 aromatic rings. The molecule has 0 aliphatic rings. The van der Waals surface area contributed by atoms with Crippen LogP contribution >= 0.6 is 15.9 Å². The maximum absolute atomic E-state index is 14.1. The summed E-state index contributed by atoms with van der Waals surface area (Å²) in [5.74, 6) is 0.0561. The lowest BCUT2D eigenvalue weighted by Gasteiger charge is -2.19. The zero-order chi connectivity index (χ0) is 14.9. The minimum absolute atomic E-state index is 0.285. The van der Waals surface area contributed by atoms with Crippen molar-refractivity contribution in [2.75, 3.05) is 11.9 Å². The van der Waals surface area contributed by atoms with Crippen molar-refractivity contribution in [3.8, 4) is 0 Å². The molecule has 0 atom stereocenters. The minimum atomic E-state index is -0.285. The highest BCUT2D eigenvalue weighted by molar-refractivity contribution is 9.10. The average molecular weight is 339 g/mol. The van der Waals surface area contributed by atoms with Gasteiger partial charge in [-0.25, -0.2) is 9.37 Å². The Hall–Kier alpha value is -1.16. The Morgan fingerprint density at radius 1 is 1.35 bits per heavy atom. The summed E-state index contributed by atoms with van der Waals surface area (Å²) in [6.45, 7) is 9.22. The van der Waals surface area contributed by atoms with Crippen molar-refractivity contribution in [2.24, 2.45) is 0 Å². The fraction of sp³-hybridized carbons (Fsp3) is 0.438. The van der Waals surface area contributed by atoms with Crippen LogP contribution in [0.2, 0.25) is 0 Å². The molecule has 1 heterocycles. The molecule has 2 nitrogen and oxygen atoms in total. The summed E-state index contributed by atoms with van der Waals surface area (Å²) < 4.78 is 14.9. The van der Waals surface area contributed by atoms with E-state index in [0.717, 1.165) is 34.2 Å². The third-order valence-electron chi connectivity index (χ3n) is 3.37. The fourth-order valence-electron chi connectivity index (χ4n) is 2.57. The molecule has 108 valence electrons. The van der Waals surface area contributed by atoms with Gasteiger partial charge in [0.25, 0.3) is 0 Å². The Morgan fingerprint density at radius 2 is 2.05 bits per heavy atom. The fourth-order valence-corrected chi connectivity index (χ4v) is 3.00. The summed E-state index contributed by atoms with van der Waals surface area (Å²) in [6.07, 6.45) is 1.02. The van der Waals surface area contributed by atoms with Crippen LogP contribution in [0.5, 0.6) is 0 Å². The highest BCUT2D eigenvalue weighted by Crippen LogP contribution is 2.35. The second-order valence-corrected chi connectivity index (χ2v) is 6.27. The van der Waals surface area contributed by atoms with Gasteiger partial charge in [0.15, 0.2) is 5.82 Å². The van der Waals surface area contributed by atoms with E-state index in [1.807, 2.05) is 13.0 Å². The van der Waals surface area contributed by atoms with Crippen LogP contribution in [0, 0.1) is 12.7 Å². The molecule has 0 fully saturated rings. The van der Waals surface area contributed by atoms with Crippen LogP contribution in [0.25, 0.3) is 10.9 Å². The first-order valence-corrected chi connectivity index (χ1v) is 7.78. The van der Waals surface area contributed by atoms with Crippen LogP contribution in [0.1, 0.15) is 44.4 Å². The largest absolute Gasteiger partial charge is 0.384 e. The smallest absolute Gasteiger partial charge is 0.150 e. The number of nitrogens with one attached hydrogen (secondary N) is 1. The van der Waals surface area contributed by atoms with Gasteiger partial charge in [-0.05, 0) is 37.0 Å². The molecular weight excluding hydrogens is 319 g/mol. The molecule has 4 heteroatoms. The van der Waals surface area contributed by atoms with Crippen molar-refractivity contribution in [1.82, 2.24) is 4.98 Å². The van der Waals surface area contributed by atoms with Crippen molar-refractivity contribution < 1.29 is 4.39 Å². The number of pyridine rings is 1. The predicted molar refractivity (Wildman–Crippen MR) is 87.0 cm³/mol. The molecule has 1 aromatic heterocycles. The van der Waals surface area contributed by atoms with E-state index in [9.17, 15) is 4.39 Å². The number of rotatable bonds is 4. The summed E-state index contributed by atoms with van der Waals surface area (Å²) in [4.78, 5) is 4.47. The average Bonchev–Trinajstić information content (AvgIpc) is 2.36. The van der Waals surface area contributed by atoms with Crippen LogP contribution < -0.4 is 5.32 Å². The highest BCUT2D eigenvalue weighted by atomic mass is 79.9. The highest BCUT2D eigenvalue weighted by Gasteiger charge is 2.17. The molecule has 20 heavy (non-hydrogen) atoms. The molecule has 0 radical (unpaired) electrons. The molecule has 0 saturated heterocycles. The van der Waals surface area contributed by atoms with E-state index in [1.165, 1.54) is 11.6 Å². The first-order chi connectivity index (χ1) is 9.45. The lowest BCUT2D eigenvalue weighted by Crippen LogP contribution is -2.08. The molecule has 1 aromatic carbocycles. The number of halogens is 2. The molecule has 0 unspecified atom stereocenters. The number of aryl methyl sites for hydroxylation is 1. The molecule has 1 N–H and O–H groups in total. The van der Waals surface area contributed by atoms with E-state index < -0.39 is 0 Å². The second kappa shape index (κ2) is 6.08. The van der Waals surface area contributed by atoms with Gasteiger partial charge < -0.3 is 5.32 Å². The first-order valence-electron chi connectivity index (χ1n) is 6.98. The lowest BCUT2D eigenvalue weighted by molar-refractivity contribution is 0.635. The van der Waals surface area contributed by atoms with Crippen LogP contribution in [0.3, 0.4) is 0 Å². The van der Waals surface area contributed by atoms with Crippen LogP contribution in [-0.4, -0.2) is 11.5 Å². The van der Waals surface area contributed by atoms with E-state index in [2.05, 4.69) is 47.0 Å². The first kappa shape index (κ1) is 15.2. The summed E-state index contributed by atoms with van der Waals surface area (Å²) in [5.41, 5.74) is 3.52. The van der Waals surface area contributed by atoms with Crippen molar-refractivity contribution >= 4 is 32.5 Å². The van der Waals surface area contributed by atoms with E-state index in [0.29, 0.717) is 11.4 Å². The SMILES string of the molecule is CCCNc1c(C(C)C)c(C)nc2c(F)cc(Br)cc12. The number of nitrogens with zero attached hydrogens (tertiary/aromatic N) is 1. The maximum Gasteiger partial charge on any atom is 0.150 e. The Balaban J connectivity index is 2.80. The van der Waals surface area contributed by atoms with Crippen LogP contribution in [0.4, 0.5) is 10.1 Å². The molecular formula is C16H20BrFN2. The molecule has 0 amide bonds. The number of aromatic nitrogens is 1. The van der Waals surface area contributed by atoms with Crippen LogP contribution in [-0.2, 0) is 0 Å². The van der Waals surface area contributed by atoms with Gasteiger partial charge in [0.05, 0.1) is 0 Å².